The molecule has 1 aliphatic rings. The molecule has 0 bridgehead atoms. The molecule has 1 aliphatic heterocycles. The van der Waals surface area contributed by atoms with Crippen molar-refractivity contribution in [3.63, 3.8) is 0 Å². The van der Waals surface area contributed by atoms with Crippen LogP contribution in [0.15, 0.2) is 0 Å². The van der Waals surface area contributed by atoms with Crippen LogP contribution in [-0.4, -0.2) is 17.9 Å². The van der Waals surface area contributed by atoms with Crippen molar-refractivity contribution in [1.29, 1.82) is 0 Å². The number of ether oxygens (including phenoxy) is 1. The third kappa shape index (κ3) is 3.96. The van der Waals surface area contributed by atoms with Crippen LogP contribution < -0.4 is 5.32 Å². The minimum absolute atomic E-state index is 0.105. The standard InChI is InChI=1S/C16H33NO/c1-6-9-15-17-14(12-13(4)5)16(18-15,10-7-2)11-8-3/h13-15,17H,6-12H2,1-5H3/t14-,15-/m0/s1. The normalized spacial score (nSPS) is 27.0. The van der Waals surface area contributed by atoms with Crippen LogP contribution in [0, 0.1) is 5.92 Å². The summed E-state index contributed by atoms with van der Waals surface area (Å²) in [6.45, 7) is 11.4. The van der Waals surface area contributed by atoms with Crippen LogP contribution in [0.25, 0.3) is 0 Å². The van der Waals surface area contributed by atoms with E-state index in [-0.39, 0.29) is 11.8 Å². The predicted octanol–water partition coefficient (Wildman–Crippen LogP) is 4.49. The van der Waals surface area contributed by atoms with Gasteiger partial charge in [-0.15, -0.1) is 0 Å². The Morgan fingerprint density at radius 1 is 1.06 bits per heavy atom. The molecule has 0 radical (unpaired) electrons. The smallest absolute Gasteiger partial charge is 0.109 e. The SMILES string of the molecule is CCC[C@H]1N[C@@H](CC(C)C)C(CCC)(CCC)O1. The third-order valence-corrected chi connectivity index (χ3v) is 4.00. The second kappa shape index (κ2) is 7.49. The summed E-state index contributed by atoms with van der Waals surface area (Å²) in [4.78, 5) is 0. The van der Waals surface area contributed by atoms with Gasteiger partial charge in [0, 0.05) is 6.04 Å². The van der Waals surface area contributed by atoms with Gasteiger partial charge in [-0.3, -0.25) is 5.32 Å². The topological polar surface area (TPSA) is 21.3 Å². The van der Waals surface area contributed by atoms with Crippen LogP contribution >= 0.6 is 0 Å². The van der Waals surface area contributed by atoms with Crippen LogP contribution in [0.2, 0.25) is 0 Å². The van der Waals surface area contributed by atoms with Gasteiger partial charge in [0.05, 0.1) is 5.60 Å². The van der Waals surface area contributed by atoms with Crippen molar-refractivity contribution in [2.45, 2.75) is 97.4 Å². The molecule has 0 aromatic rings. The summed E-state index contributed by atoms with van der Waals surface area (Å²) < 4.78 is 6.47. The molecule has 0 aromatic heterocycles. The van der Waals surface area contributed by atoms with E-state index in [2.05, 4.69) is 39.9 Å². The first-order chi connectivity index (χ1) is 8.57. The number of nitrogens with one attached hydrogen (secondary N) is 1. The second-order valence-corrected chi connectivity index (χ2v) is 6.31. The lowest BCUT2D eigenvalue weighted by Gasteiger charge is -2.34. The van der Waals surface area contributed by atoms with Crippen molar-refractivity contribution in [3.8, 4) is 0 Å². The Bertz CT molecular complexity index is 221. The van der Waals surface area contributed by atoms with Gasteiger partial charge in [0.1, 0.15) is 6.23 Å². The molecule has 18 heavy (non-hydrogen) atoms. The summed E-state index contributed by atoms with van der Waals surface area (Å²) in [6.07, 6.45) is 8.70. The van der Waals surface area contributed by atoms with Crippen molar-refractivity contribution in [1.82, 2.24) is 5.32 Å². The van der Waals surface area contributed by atoms with Gasteiger partial charge in [-0.25, -0.2) is 0 Å². The Labute approximate surface area is 114 Å². The first-order valence-corrected chi connectivity index (χ1v) is 8.01. The molecule has 1 saturated heterocycles. The molecule has 0 saturated carbocycles. The highest BCUT2D eigenvalue weighted by Gasteiger charge is 2.46. The molecule has 0 spiro atoms. The fraction of sp³-hybridized carbons (Fsp3) is 1.00. The molecule has 1 heterocycles. The Kier molecular flexibility index (Phi) is 6.65. The first-order valence-electron chi connectivity index (χ1n) is 8.01. The van der Waals surface area contributed by atoms with Gasteiger partial charge < -0.3 is 4.74 Å². The molecular weight excluding hydrogens is 222 g/mol. The van der Waals surface area contributed by atoms with E-state index in [1.165, 1.54) is 38.5 Å². The van der Waals surface area contributed by atoms with E-state index < -0.39 is 0 Å². The molecule has 0 amide bonds. The fourth-order valence-corrected chi connectivity index (χ4v) is 3.37. The lowest BCUT2D eigenvalue weighted by Crippen LogP contribution is -2.44. The van der Waals surface area contributed by atoms with Crippen molar-refractivity contribution in [2.75, 3.05) is 0 Å². The number of hydrogen-bond donors (Lipinski definition) is 1. The molecule has 1 rings (SSSR count). The molecular formula is C16H33NO. The summed E-state index contributed by atoms with van der Waals surface area (Å²) in [5.74, 6) is 0.736. The van der Waals surface area contributed by atoms with Gasteiger partial charge in [-0.05, 0) is 31.6 Å². The van der Waals surface area contributed by atoms with Gasteiger partial charge in [-0.1, -0.05) is 53.9 Å². The second-order valence-electron chi connectivity index (χ2n) is 6.31. The largest absolute Gasteiger partial charge is 0.355 e. The zero-order chi connectivity index (χ0) is 13.6. The lowest BCUT2D eigenvalue weighted by molar-refractivity contribution is -0.0643. The first kappa shape index (κ1) is 16.0. The van der Waals surface area contributed by atoms with E-state index in [0.29, 0.717) is 6.04 Å². The van der Waals surface area contributed by atoms with Gasteiger partial charge in [-0.2, -0.15) is 0 Å². The van der Waals surface area contributed by atoms with Crippen molar-refractivity contribution in [2.24, 2.45) is 5.92 Å². The van der Waals surface area contributed by atoms with Gasteiger partial charge in [0.15, 0.2) is 0 Å². The van der Waals surface area contributed by atoms with E-state index in [0.717, 1.165) is 12.3 Å². The maximum Gasteiger partial charge on any atom is 0.109 e. The van der Waals surface area contributed by atoms with E-state index >= 15 is 0 Å². The van der Waals surface area contributed by atoms with Crippen molar-refractivity contribution >= 4 is 0 Å². The minimum atomic E-state index is 0.105. The maximum atomic E-state index is 6.47. The van der Waals surface area contributed by atoms with Crippen molar-refractivity contribution in [3.05, 3.63) is 0 Å². The van der Waals surface area contributed by atoms with Crippen molar-refractivity contribution < 1.29 is 4.74 Å². The molecule has 0 unspecified atom stereocenters. The zero-order valence-corrected chi connectivity index (χ0v) is 13.1. The monoisotopic (exact) mass is 255 g/mol. The average molecular weight is 255 g/mol. The van der Waals surface area contributed by atoms with E-state index in [1.807, 2.05) is 0 Å². The highest BCUT2D eigenvalue weighted by molar-refractivity contribution is 4.99. The summed E-state index contributed by atoms with van der Waals surface area (Å²) in [5.41, 5.74) is 0.105. The van der Waals surface area contributed by atoms with Crippen LogP contribution in [0.5, 0.6) is 0 Å². The van der Waals surface area contributed by atoms with Crippen LogP contribution in [0.1, 0.15) is 79.6 Å². The third-order valence-electron chi connectivity index (χ3n) is 4.00. The lowest BCUT2D eigenvalue weighted by atomic mass is 9.82. The van der Waals surface area contributed by atoms with Crippen LogP contribution in [-0.2, 0) is 4.74 Å². The summed E-state index contributed by atoms with van der Waals surface area (Å²) in [5, 5.41) is 3.76. The summed E-state index contributed by atoms with van der Waals surface area (Å²) >= 11 is 0. The molecule has 1 fully saturated rings. The average Bonchev–Trinajstić information content (AvgIpc) is 2.57. The van der Waals surface area contributed by atoms with Gasteiger partial charge in [0.25, 0.3) is 0 Å². The molecule has 2 atom stereocenters. The maximum absolute atomic E-state index is 6.47. The minimum Gasteiger partial charge on any atom is -0.355 e. The number of hydrogen-bond acceptors (Lipinski definition) is 2. The van der Waals surface area contributed by atoms with Gasteiger partial charge >= 0.3 is 0 Å². The Morgan fingerprint density at radius 3 is 2.11 bits per heavy atom. The highest BCUT2D eigenvalue weighted by Crippen LogP contribution is 2.37. The molecule has 0 aliphatic carbocycles. The van der Waals surface area contributed by atoms with E-state index in [4.69, 9.17) is 4.74 Å². The zero-order valence-electron chi connectivity index (χ0n) is 13.1. The quantitative estimate of drug-likeness (QED) is 0.690. The molecule has 2 heteroatoms. The highest BCUT2D eigenvalue weighted by atomic mass is 16.5. The Morgan fingerprint density at radius 2 is 1.67 bits per heavy atom. The molecule has 0 aromatic carbocycles. The van der Waals surface area contributed by atoms with E-state index in [9.17, 15) is 0 Å². The Hall–Kier alpha value is -0.0800. The summed E-state index contributed by atoms with van der Waals surface area (Å²) in [6, 6.07) is 0.550. The molecule has 108 valence electrons. The van der Waals surface area contributed by atoms with Crippen LogP contribution in [0.4, 0.5) is 0 Å². The Balaban J connectivity index is 2.78. The predicted molar refractivity (Wildman–Crippen MR) is 78.7 cm³/mol. The number of rotatable bonds is 8. The molecule has 2 nitrogen and oxygen atoms in total. The van der Waals surface area contributed by atoms with E-state index in [1.54, 1.807) is 0 Å². The molecule has 1 N–H and O–H groups in total. The fourth-order valence-electron chi connectivity index (χ4n) is 3.37. The van der Waals surface area contributed by atoms with Crippen LogP contribution in [0.3, 0.4) is 0 Å². The summed E-state index contributed by atoms with van der Waals surface area (Å²) in [7, 11) is 0. The van der Waals surface area contributed by atoms with Gasteiger partial charge in [0.2, 0.25) is 0 Å².